The van der Waals surface area contributed by atoms with Gasteiger partial charge in [0.25, 0.3) is 5.91 Å². The second kappa shape index (κ2) is 8.58. The third-order valence-corrected chi connectivity index (χ3v) is 5.01. The lowest BCUT2D eigenvalue weighted by atomic mass is 10.1. The average Bonchev–Trinajstić information content (AvgIpc) is 3.07. The molecule has 2 aromatic rings. The molecule has 142 valence electrons. The number of anilines is 1. The molecule has 6 nitrogen and oxygen atoms in total. The van der Waals surface area contributed by atoms with Crippen LogP contribution in [-0.2, 0) is 4.79 Å². The average molecular weight is 394 g/mol. The van der Waals surface area contributed by atoms with Crippen molar-refractivity contribution in [2.45, 2.75) is 0 Å². The molecule has 1 aliphatic heterocycles. The number of carbonyl (C=O) groups excluding carboxylic acids is 1. The van der Waals surface area contributed by atoms with Gasteiger partial charge in [-0.25, -0.2) is 4.79 Å². The molecule has 0 fully saturated rings. The number of nitrogens with zero attached hydrogens (tertiary/aromatic N) is 2. The van der Waals surface area contributed by atoms with E-state index in [4.69, 9.17) is 4.74 Å². The molecule has 0 unspecified atom stereocenters. The maximum atomic E-state index is 12.4. The van der Waals surface area contributed by atoms with Crippen molar-refractivity contribution >= 4 is 40.6 Å². The third-order valence-electron chi connectivity index (χ3n) is 3.95. The molecule has 0 atom stereocenters. The summed E-state index contributed by atoms with van der Waals surface area (Å²) in [6.07, 6.45) is 3.37. The number of amidine groups is 1. The summed E-state index contributed by atoms with van der Waals surface area (Å²) in [5.41, 5.74) is 1.36. The van der Waals surface area contributed by atoms with Crippen LogP contribution in [0.1, 0.15) is 15.9 Å². The third kappa shape index (κ3) is 4.15. The van der Waals surface area contributed by atoms with Gasteiger partial charge in [0.1, 0.15) is 12.4 Å². The van der Waals surface area contributed by atoms with Crippen LogP contribution in [-0.4, -0.2) is 35.8 Å². The molecule has 0 bridgehead atoms. The van der Waals surface area contributed by atoms with Crippen molar-refractivity contribution in [1.82, 2.24) is 0 Å². The number of hydrogen-bond acceptors (Lipinski definition) is 5. The standard InChI is InChI=1S/C21H18N2O4S/c1-3-12-27-17-11-7-4-8-14(17)13-18-19(24)22-21(28-18)23(2)16-10-6-5-9-15(16)20(25)26/h3-11,13H,1,12H2,2H3,(H,25,26)/b18-13-. The van der Waals surface area contributed by atoms with Gasteiger partial charge in [-0.2, -0.15) is 4.99 Å². The summed E-state index contributed by atoms with van der Waals surface area (Å²) < 4.78 is 5.62. The highest BCUT2D eigenvalue weighted by atomic mass is 32.2. The topological polar surface area (TPSA) is 79.2 Å². The van der Waals surface area contributed by atoms with E-state index in [0.29, 0.717) is 28.1 Å². The van der Waals surface area contributed by atoms with Crippen LogP contribution in [0.3, 0.4) is 0 Å². The SMILES string of the molecule is C=CCOc1ccccc1/C=C1\SC(N(C)c2ccccc2C(=O)O)=NC1=O. The largest absolute Gasteiger partial charge is 0.489 e. The Balaban J connectivity index is 1.86. The van der Waals surface area contributed by atoms with Crippen molar-refractivity contribution in [2.24, 2.45) is 4.99 Å². The van der Waals surface area contributed by atoms with Gasteiger partial charge in [0.15, 0.2) is 5.17 Å². The Bertz CT molecular complexity index is 997. The summed E-state index contributed by atoms with van der Waals surface area (Å²) in [6, 6.07) is 14.0. The van der Waals surface area contributed by atoms with E-state index in [0.717, 1.165) is 5.56 Å². The van der Waals surface area contributed by atoms with Crippen LogP contribution in [0.5, 0.6) is 5.75 Å². The van der Waals surface area contributed by atoms with Gasteiger partial charge in [-0.05, 0) is 36.0 Å². The van der Waals surface area contributed by atoms with E-state index in [9.17, 15) is 14.7 Å². The molecular weight excluding hydrogens is 376 g/mol. The van der Waals surface area contributed by atoms with Gasteiger partial charge in [-0.15, -0.1) is 0 Å². The van der Waals surface area contributed by atoms with Crippen LogP contribution in [0.2, 0.25) is 0 Å². The van der Waals surface area contributed by atoms with E-state index in [-0.39, 0.29) is 11.5 Å². The monoisotopic (exact) mass is 394 g/mol. The lowest BCUT2D eigenvalue weighted by molar-refractivity contribution is -0.113. The minimum Gasteiger partial charge on any atom is -0.489 e. The van der Waals surface area contributed by atoms with Crippen molar-refractivity contribution in [1.29, 1.82) is 0 Å². The number of hydrogen-bond donors (Lipinski definition) is 1. The number of aromatic carboxylic acids is 1. The first-order valence-corrected chi connectivity index (χ1v) is 9.24. The zero-order valence-corrected chi connectivity index (χ0v) is 16.0. The van der Waals surface area contributed by atoms with E-state index in [1.54, 1.807) is 42.3 Å². The molecule has 0 saturated heterocycles. The Morgan fingerprint density at radius 2 is 1.96 bits per heavy atom. The van der Waals surface area contributed by atoms with Crippen LogP contribution in [0.25, 0.3) is 6.08 Å². The minimum atomic E-state index is -1.04. The van der Waals surface area contributed by atoms with Gasteiger partial charge in [0.05, 0.1) is 16.2 Å². The molecule has 28 heavy (non-hydrogen) atoms. The Morgan fingerprint density at radius 1 is 1.25 bits per heavy atom. The van der Waals surface area contributed by atoms with Gasteiger partial charge < -0.3 is 14.7 Å². The predicted molar refractivity (Wildman–Crippen MR) is 112 cm³/mol. The number of rotatable bonds is 6. The highest BCUT2D eigenvalue weighted by molar-refractivity contribution is 8.18. The first-order valence-electron chi connectivity index (χ1n) is 8.42. The Hall–Kier alpha value is -3.32. The second-order valence-electron chi connectivity index (χ2n) is 5.83. The molecule has 0 aromatic heterocycles. The van der Waals surface area contributed by atoms with Gasteiger partial charge in [-0.3, -0.25) is 4.79 Å². The van der Waals surface area contributed by atoms with Crippen LogP contribution in [0, 0.1) is 0 Å². The number of thioether (sulfide) groups is 1. The van der Waals surface area contributed by atoms with E-state index >= 15 is 0 Å². The van der Waals surface area contributed by atoms with Crippen LogP contribution in [0.15, 0.2) is 71.1 Å². The van der Waals surface area contributed by atoms with Gasteiger partial charge >= 0.3 is 5.97 Å². The summed E-state index contributed by atoms with van der Waals surface area (Å²) in [5, 5.41) is 9.80. The highest BCUT2D eigenvalue weighted by Gasteiger charge is 2.27. The maximum Gasteiger partial charge on any atom is 0.337 e. The molecule has 7 heteroatoms. The lowest BCUT2D eigenvalue weighted by Crippen LogP contribution is -2.24. The number of benzene rings is 2. The molecule has 1 N–H and O–H groups in total. The van der Waals surface area contributed by atoms with Crippen molar-refractivity contribution in [3.05, 3.63) is 77.2 Å². The molecule has 3 rings (SSSR count). The number of carbonyl (C=O) groups is 2. The van der Waals surface area contributed by atoms with Crippen molar-refractivity contribution < 1.29 is 19.4 Å². The van der Waals surface area contributed by atoms with Gasteiger partial charge in [-0.1, -0.05) is 43.0 Å². The molecule has 1 amide bonds. The van der Waals surface area contributed by atoms with Crippen LogP contribution in [0.4, 0.5) is 5.69 Å². The molecule has 1 aliphatic rings. The zero-order valence-electron chi connectivity index (χ0n) is 15.2. The smallest absolute Gasteiger partial charge is 0.337 e. The Kier molecular flexibility index (Phi) is 5.96. The fraction of sp³-hybridized carbons (Fsp3) is 0.0952. The van der Waals surface area contributed by atoms with Gasteiger partial charge in [0, 0.05) is 12.6 Å². The first kappa shape index (κ1) is 19.4. The van der Waals surface area contributed by atoms with E-state index in [1.807, 2.05) is 24.3 Å². The molecule has 0 radical (unpaired) electrons. The molecular formula is C21H18N2O4S. The van der Waals surface area contributed by atoms with E-state index in [2.05, 4.69) is 11.6 Å². The number of carboxylic acid groups (broad SMARTS) is 1. The predicted octanol–water partition coefficient (Wildman–Crippen LogP) is 4.06. The second-order valence-corrected chi connectivity index (χ2v) is 6.84. The van der Waals surface area contributed by atoms with Gasteiger partial charge in [0.2, 0.25) is 0 Å². The summed E-state index contributed by atoms with van der Waals surface area (Å²) in [6.45, 7) is 3.99. The molecule has 0 aliphatic carbocycles. The van der Waals surface area contributed by atoms with Crippen LogP contribution >= 0.6 is 11.8 Å². The summed E-state index contributed by atoms with van der Waals surface area (Å²) in [4.78, 5) is 30.0. The highest BCUT2D eigenvalue weighted by Crippen LogP contribution is 2.34. The fourth-order valence-electron chi connectivity index (χ4n) is 2.61. The molecule has 0 saturated carbocycles. The summed E-state index contributed by atoms with van der Waals surface area (Å²) in [5.74, 6) is -0.777. The van der Waals surface area contributed by atoms with E-state index < -0.39 is 5.97 Å². The molecule has 2 aromatic carbocycles. The summed E-state index contributed by atoms with van der Waals surface area (Å²) in [7, 11) is 1.69. The summed E-state index contributed by atoms with van der Waals surface area (Å²) >= 11 is 1.19. The van der Waals surface area contributed by atoms with Crippen molar-refractivity contribution in [2.75, 3.05) is 18.6 Å². The number of carboxylic acids is 1. The van der Waals surface area contributed by atoms with E-state index in [1.165, 1.54) is 17.8 Å². The molecule has 1 heterocycles. The van der Waals surface area contributed by atoms with Crippen molar-refractivity contribution in [3.8, 4) is 5.75 Å². The minimum absolute atomic E-state index is 0.140. The zero-order chi connectivity index (χ0) is 20.1. The Morgan fingerprint density at radius 3 is 2.71 bits per heavy atom. The normalized spacial score (nSPS) is 14.7. The molecule has 0 spiro atoms. The Labute approximate surface area is 166 Å². The maximum absolute atomic E-state index is 12.4. The lowest BCUT2D eigenvalue weighted by Gasteiger charge is -2.19. The first-order chi connectivity index (χ1) is 13.5. The number of amides is 1. The fourth-order valence-corrected chi connectivity index (χ4v) is 3.49. The van der Waals surface area contributed by atoms with Crippen LogP contribution < -0.4 is 9.64 Å². The number of ether oxygens (including phenoxy) is 1. The number of para-hydroxylation sites is 2. The number of aliphatic imine (C=N–C) groups is 1. The van der Waals surface area contributed by atoms with Crippen molar-refractivity contribution in [3.63, 3.8) is 0 Å². The quantitative estimate of drug-likeness (QED) is 0.588.